The van der Waals surface area contributed by atoms with Crippen molar-refractivity contribution in [3.05, 3.63) is 27.5 Å². The van der Waals surface area contributed by atoms with E-state index in [2.05, 4.69) is 15.2 Å². The normalized spacial score (nSPS) is 15.0. The maximum absolute atomic E-state index is 12.9. The van der Waals surface area contributed by atoms with Gasteiger partial charge < -0.3 is 0 Å². The van der Waals surface area contributed by atoms with E-state index in [4.69, 9.17) is 22.3 Å². The molecule has 0 spiro atoms. The molecule has 0 radical (unpaired) electrons. The molecule has 23 heavy (non-hydrogen) atoms. The van der Waals surface area contributed by atoms with E-state index < -0.39 is 20.9 Å². The molecular weight excluding hydrogens is 432 g/mol. The molecule has 1 aliphatic rings. The molecule has 0 aromatic carbocycles. The Kier molecular flexibility index (Phi) is 4.14. The monoisotopic (exact) mass is 440 g/mol. The summed E-state index contributed by atoms with van der Waals surface area (Å²) in [5.74, 6) is 0.335. The first kappa shape index (κ1) is 15.8. The number of fused-ring (bicyclic) bond motifs is 1. The standard InChI is InChI=1S/C13H8Cl2F2N4SSe/c14-7-3-6(22-15)4-21-9(8(5-1-2-5)18-11(7)21)12-19-20-13(23-12)10(16)17/h3-5,10H,1-2H2. The van der Waals surface area contributed by atoms with Gasteiger partial charge in [0.1, 0.15) is 0 Å². The van der Waals surface area contributed by atoms with Crippen LogP contribution < -0.4 is 0 Å². The second-order valence-corrected chi connectivity index (χ2v) is 8.77. The number of halogens is 4. The Morgan fingerprint density at radius 2 is 2.13 bits per heavy atom. The first-order valence-corrected chi connectivity index (χ1v) is 10.4. The van der Waals surface area contributed by atoms with Crippen molar-refractivity contribution < 1.29 is 8.78 Å². The number of nitrogens with zero attached hydrogens (tertiary/aromatic N) is 4. The number of aromatic nitrogens is 4. The van der Waals surface area contributed by atoms with Crippen LogP contribution in [0.4, 0.5) is 8.78 Å². The van der Waals surface area contributed by atoms with Gasteiger partial charge >= 0.3 is 150 Å². The summed E-state index contributed by atoms with van der Waals surface area (Å²) in [5, 5.41) is 8.11. The predicted molar refractivity (Wildman–Crippen MR) is 86.8 cm³/mol. The molecule has 3 aromatic rings. The average Bonchev–Trinajstić information content (AvgIpc) is 3.12. The van der Waals surface area contributed by atoms with Gasteiger partial charge in [-0.05, 0) is 0 Å². The van der Waals surface area contributed by atoms with Crippen LogP contribution in [0.5, 0.6) is 0 Å². The molecule has 1 aliphatic carbocycles. The molecule has 0 saturated heterocycles. The Balaban J connectivity index is 1.98. The van der Waals surface area contributed by atoms with Crippen LogP contribution in [0.25, 0.3) is 15.9 Å². The molecule has 3 heterocycles. The fourth-order valence-electron chi connectivity index (χ4n) is 2.41. The van der Waals surface area contributed by atoms with Gasteiger partial charge in [-0.3, -0.25) is 0 Å². The molecule has 4 nitrogen and oxygen atoms in total. The van der Waals surface area contributed by atoms with E-state index >= 15 is 0 Å². The van der Waals surface area contributed by atoms with Gasteiger partial charge in [0, 0.05) is 0 Å². The number of hydrogen-bond donors (Lipinski definition) is 0. The summed E-state index contributed by atoms with van der Waals surface area (Å²) in [5.41, 5.74) is 2.22. The molecule has 10 heteroatoms. The van der Waals surface area contributed by atoms with Crippen LogP contribution in [0.1, 0.15) is 35.4 Å². The molecule has 0 unspecified atom stereocenters. The van der Waals surface area contributed by atoms with Gasteiger partial charge in [-0.2, -0.15) is 0 Å². The Hall–Kier alpha value is -0.661. The number of pyridine rings is 1. The Morgan fingerprint density at radius 1 is 1.35 bits per heavy atom. The summed E-state index contributed by atoms with van der Waals surface area (Å²) >= 11 is 5.69. The SMILES string of the molecule is FC(F)c1nnc(-c2c(C3CC3)nc3c(Cl)cc(SCl)cn23)[se]1. The van der Waals surface area contributed by atoms with Gasteiger partial charge in [0.2, 0.25) is 0 Å². The zero-order valence-corrected chi connectivity index (χ0v) is 15.4. The van der Waals surface area contributed by atoms with Crippen molar-refractivity contribution in [2.75, 3.05) is 0 Å². The molecule has 4 rings (SSSR count). The quantitative estimate of drug-likeness (QED) is 0.558. The minimum absolute atomic E-state index is 0.154. The molecule has 120 valence electrons. The predicted octanol–water partition coefficient (Wildman–Crippen LogP) is 4.56. The first-order valence-electron chi connectivity index (χ1n) is 6.70. The molecular formula is C13H8Cl2F2N4SSe. The maximum atomic E-state index is 12.9. The van der Waals surface area contributed by atoms with Crippen LogP contribution in [-0.4, -0.2) is 34.1 Å². The summed E-state index contributed by atoms with van der Waals surface area (Å²) in [6.07, 6.45) is 1.31. The van der Waals surface area contributed by atoms with Crippen molar-refractivity contribution in [2.45, 2.75) is 30.1 Å². The van der Waals surface area contributed by atoms with Gasteiger partial charge in [-0.25, -0.2) is 0 Å². The summed E-state index contributed by atoms with van der Waals surface area (Å²) < 4.78 is 28.0. The number of imidazole rings is 1. The van der Waals surface area contributed by atoms with E-state index in [1.807, 2.05) is 10.6 Å². The van der Waals surface area contributed by atoms with Gasteiger partial charge in [0.05, 0.1) is 0 Å². The van der Waals surface area contributed by atoms with Crippen LogP contribution in [0, 0.1) is 0 Å². The van der Waals surface area contributed by atoms with Crippen LogP contribution >= 0.6 is 33.3 Å². The van der Waals surface area contributed by atoms with E-state index in [1.165, 1.54) is 0 Å². The summed E-state index contributed by atoms with van der Waals surface area (Å²) in [6, 6.07) is 1.74. The third-order valence-electron chi connectivity index (χ3n) is 3.56. The molecule has 1 fully saturated rings. The molecule has 0 amide bonds. The molecule has 0 bridgehead atoms. The van der Waals surface area contributed by atoms with Crippen molar-refractivity contribution in [2.24, 2.45) is 0 Å². The number of rotatable bonds is 4. The zero-order valence-electron chi connectivity index (χ0n) is 11.3. The summed E-state index contributed by atoms with van der Waals surface area (Å²) in [7, 11) is 6.88. The topological polar surface area (TPSA) is 43.1 Å². The van der Waals surface area contributed by atoms with E-state index in [1.54, 1.807) is 6.07 Å². The third kappa shape index (κ3) is 2.81. The van der Waals surface area contributed by atoms with Crippen LogP contribution in [0.15, 0.2) is 17.2 Å². The van der Waals surface area contributed by atoms with Crippen molar-refractivity contribution >= 4 is 53.4 Å². The minimum atomic E-state index is -2.57. The Bertz CT molecular complexity index is 894. The average molecular weight is 440 g/mol. The van der Waals surface area contributed by atoms with Crippen molar-refractivity contribution in [3.8, 4) is 10.3 Å². The van der Waals surface area contributed by atoms with Gasteiger partial charge in [0.15, 0.2) is 0 Å². The second kappa shape index (κ2) is 6.01. The zero-order chi connectivity index (χ0) is 16.1. The third-order valence-corrected chi connectivity index (χ3v) is 6.74. The molecule has 0 atom stereocenters. The van der Waals surface area contributed by atoms with Crippen molar-refractivity contribution in [1.82, 2.24) is 19.6 Å². The van der Waals surface area contributed by atoms with Crippen molar-refractivity contribution in [3.63, 3.8) is 0 Å². The molecule has 1 saturated carbocycles. The van der Waals surface area contributed by atoms with E-state index in [-0.39, 0.29) is 4.57 Å². The molecule has 3 aromatic heterocycles. The molecule has 0 aliphatic heterocycles. The van der Waals surface area contributed by atoms with Gasteiger partial charge in [0.25, 0.3) is 0 Å². The fourth-order valence-corrected chi connectivity index (χ4v) is 4.86. The molecule has 0 N–H and O–H groups in total. The summed E-state index contributed by atoms with van der Waals surface area (Å²) in [4.78, 5) is 5.39. The summed E-state index contributed by atoms with van der Waals surface area (Å²) in [6.45, 7) is 0. The van der Waals surface area contributed by atoms with Crippen LogP contribution in [0.3, 0.4) is 0 Å². The van der Waals surface area contributed by atoms with Gasteiger partial charge in [-0.15, -0.1) is 0 Å². The first-order chi connectivity index (χ1) is 11.1. The van der Waals surface area contributed by atoms with E-state index in [0.717, 1.165) is 40.1 Å². The van der Waals surface area contributed by atoms with Crippen molar-refractivity contribution in [1.29, 1.82) is 0 Å². The second-order valence-electron chi connectivity index (χ2n) is 5.16. The van der Waals surface area contributed by atoms with Gasteiger partial charge in [-0.1, -0.05) is 0 Å². The van der Waals surface area contributed by atoms with Crippen LogP contribution in [0.2, 0.25) is 5.02 Å². The number of hydrogen-bond acceptors (Lipinski definition) is 4. The fraction of sp³-hybridized carbons (Fsp3) is 0.308. The Morgan fingerprint density at radius 3 is 2.74 bits per heavy atom. The van der Waals surface area contributed by atoms with E-state index in [9.17, 15) is 8.78 Å². The van der Waals surface area contributed by atoms with E-state index in [0.29, 0.717) is 21.2 Å². The van der Waals surface area contributed by atoms with Crippen LogP contribution in [-0.2, 0) is 0 Å². The number of alkyl halides is 2. The Labute approximate surface area is 149 Å².